The number of ketones is 1. The molecule has 0 spiro atoms. The lowest BCUT2D eigenvalue weighted by Gasteiger charge is -2.39. The van der Waals surface area contributed by atoms with Crippen LogP contribution in [-0.2, 0) is 11.2 Å². The van der Waals surface area contributed by atoms with Gasteiger partial charge >= 0.3 is 13.1 Å². The highest BCUT2D eigenvalue weighted by Crippen LogP contribution is 2.37. The molecule has 138 valence electrons. The molecule has 0 radical (unpaired) electrons. The zero-order valence-corrected chi connectivity index (χ0v) is 14.5. The number of carbonyl (C=O) groups is 2. The van der Waals surface area contributed by atoms with E-state index in [0.717, 1.165) is 0 Å². The number of anilines is 1. The summed E-state index contributed by atoms with van der Waals surface area (Å²) in [4.78, 5) is 34.1. The molecule has 3 heterocycles. The van der Waals surface area contributed by atoms with E-state index < -0.39 is 18.9 Å². The molecule has 27 heavy (non-hydrogen) atoms. The van der Waals surface area contributed by atoms with Crippen LogP contribution in [0.1, 0.15) is 22.3 Å². The van der Waals surface area contributed by atoms with Crippen molar-refractivity contribution in [1.29, 1.82) is 0 Å². The maximum Gasteiger partial charge on any atom is 0.526 e. The van der Waals surface area contributed by atoms with Crippen molar-refractivity contribution in [3.8, 4) is 5.75 Å². The van der Waals surface area contributed by atoms with Crippen LogP contribution in [-0.4, -0.2) is 52.1 Å². The lowest BCUT2D eigenvalue weighted by molar-refractivity contribution is -0.123. The van der Waals surface area contributed by atoms with Crippen LogP contribution >= 0.6 is 0 Å². The van der Waals surface area contributed by atoms with Gasteiger partial charge in [0.05, 0.1) is 11.5 Å². The molecule has 0 saturated carbocycles. The van der Waals surface area contributed by atoms with E-state index in [0.29, 0.717) is 31.0 Å². The first-order valence-corrected chi connectivity index (χ1v) is 8.77. The van der Waals surface area contributed by atoms with Crippen LogP contribution in [0.2, 0.25) is 5.82 Å². The van der Waals surface area contributed by atoms with Crippen molar-refractivity contribution in [2.75, 3.05) is 18.0 Å². The highest BCUT2D eigenvalue weighted by molar-refractivity contribution is 6.47. The lowest BCUT2D eigenvalue weighted by Crippen LogP contribution is -2.51. The number of carboxylic acid groups (broad SMARTS) is 1. The van der Waals surface area contributed by atoms with Crippen LogP contribution in [0, 0.1) is 5.92 Å². The fourth-order valence-corrected chi connectivity index (χ4v) is 3.55. The third kappa shape index (κ3) is 3.38. The molecule has 2 N–H and O–H groups in total. The molecular weight excluding hydrogens is 349 g/mol. The Bertz CT molecular complexity index is 873. The molecule has 0 unspecified atom stereocenters. The SMILES string of the molecule is O=C(O)c1cccc2c1OB(O)[C@@H](CC(=O)C1CN(c3ncccn3)C1)C2. The van der Waals surface area contributed by atoms with E-state index in [9.17, 15) is 19.7 Å². The summed E-state index contributed by atoms with van der Waals surface area (Å²) in [7, 11) is -1.20. The van der Waals surface area contributed by atoms with E-state index in [4.69, 9.17) is 4.65 Å². The normalized spacial score (nSPS) is 19.1. The first-order chi connectivity index (χ1) is 13.0. The predicted molar refractivity (Wildman–Crippen MR) is 96.8 cm³/mol. The fraction of sp³-hybridized carbons (Fsp3) is 0.333. The maximum absolute atomic E-state index is 12.6. The average molecular weight is 367 g/mol. The van der Waals surface area contributed by atoms with Crippen molar-refractivity contribution in [3.63, 3.8) is 0 Å². The number of carbonyl (C=O) groups excluding carboxylic acids is 1. The van der Waals surface area contributed by atoms with E-state index in [2.05, 4.69) is 9.97 Å². The number of hydrogen-bond acceptors (Lipinski definition) is 7. The summed E-state index contributed by atoms with van der Waals surface area (Å²) in [5.41, 5.74) is 0.722. The van der Waals surface area contributed by atoms with Gasteiger partial charge in [0.1, 0.15) is 11.5 Å². The second kappa shape index (κ2) is 7.00. The van der Waals surface area contributed by atoms with E-state index in [1.165, 1.54) is 6.07 Å². The molecule has 8 nitrogen and oxygen atoms in total. The zero-order valence-electron chi connectivity index (χ0n) is 14.5. The molecule has 0 aliphatic carbocycles. The number of aromatic nitrogens is 2. The first kappa shape index (κ1) is 17.5. The standard InChI is InChI=1S/C18H18BN3O5/c23-15(12-9-22(10-12)18-20-5-2-6-21-18)8-13-7-11-3-1-4-14(17(24)25)16(11)27-19(13)26/h1-6,12-13,26H,7-10H2,(H,24,25)/t13-/m1/s1. The fourth-order valence-electron chi connectivity index (χ4n) is 3.55. The van der Waals surface area contributed by atoms with Crippen LogP contribution in [0.25, 0.3) is 0 Å². The summed E-state index contributed by atoms with van der Waals surface area (Å²) in [6.45, 7) is 1.12. The van der Waals surface area contributed by atoms with Gasteiger partial charge in [-0.2, -0.15) is 0 Å². The van der Waals surface area contributed by atoms with E-state index in [1.54, 1.807) is 30.6 Å². The molecule has 2 aromatic rings. The number of rotatable bonds is 5. The molecule has 2 aliphatic heterocycles. The Hall–Kier alpha value is -2.94. The van der Waals surface area contributed by atoms with Gasteiger partial charge in [0.2, 0.25) is 5.95 Å². The second-order valence-electron chi connectivity index (χ2n) is 6.89. The Morgan fingerprint density at radius 1 is 1.22 bits per heavy atom. The Morgan fingerprint density at radius 2 is 1.96 bits per heavy atom. The van der Waals surface area contributed by atoms with Crippen LogP contribution in [0.4, 0.5) is 5.95 Å². The van der Waals surface area contributed by atoms with E-state index in [1.807, 2.05) is 4.90 Å². The molecular formula is C18H18BN3O5. The monoisotopic (exact) mass is 367 g/mol. The van der Waals surface area contributed by atoms with Crippen LogP contribution < -0.4 is 9.55 Å². The molecule has 1 aromatic heterocycles. The predicted octanol–water partition coefficient (Wildman–Crippen LogP) is 1.06. The van der Waals surface area contributed by atoms with Gasteiger partial charge in [-0.25, -0.2) is 14.8 Å². The summed E-state index contributed by atoms with van der Waals surface area (Å²) in [5, 5.41) is 19.5. The number of nitrogens with zero attached hydrogens (tertiary/aromatic N) is 3. The molecule has 2 aliphatic rings. The zero-order chi connectivity index (χ0) is 19.0. The average Bonchev–Trinajstić information content (AvgIpc) is 2.61. The largest absolute Gasteiger partial charge is 0.535 e. The summed E-state index contributed by atoms with van der Waals surface area (Å²) in [6, 6.07) is 6.59. The minimum absolute atomic E-state index is 0.0221. The summed E-state index contributed by atoms with van der Waals surface area (Å²) >= 11 is 0. The molecule has 1 fully saturated rings. The Kier molecular flexibility index (Phi) is 4.53. The van der Waals surface area contributed by atoms with Gasteiger partial charge in [-0.15, -0.1) is 0 Å². The summed E-state index contributed by atoms with van der Waals surface area (Å²) < 4.78 is 5.45. The minimum Gasteiger partial charge on any atom is -0.535 e. The van der Waals surface area contributed by atoms with Gasteiger partial charge in [-0.1, -0.05) is 12.1 Å². The van der Waals surface area contributed by atoms with Crippen molar-refractivity contribution in [3.05, 3.63) is 47.8 Å². The second-order valence-corrected chi connectivity index (χ2v) is 6.89. The molecule has 0 amide bonds. The van der Waals surface area contributed by atoms with Crippen molar-refractivity contribution >= 4 is 24.8 Å². The first-order valence-electron chi connectivity index (χ1n) is 8.77. The highest BCUT2D eigenvalue weighted by atomic mass is 16.5. The van der Waals surface area contributed by atoms with Gasteiger partial charge in [0, 0.05) is 37.7 Å². The number of aromatic carboxylic acids is 1. The highest BCUT2D eigenvalue weighted by Gasteiger charge is 2.41. The summed E-state index contributed by atoms with van der Waals surface area (Å²) in [5.74, 6) is -0.752. The van der Waals surface area contributed by atoms with Gasteiger partial charge < -0.3 is 19.7 Å². The molecule has 4 rings (SSSR count). The topological polar surface area (TPSA) is 113 Å². The van der Waals surface area contributed by atoms with Crippen molar-refractivity contribution in [2.45, 2.75) is 18.7 Å². The van der Waals surface area contributed by atoms with E-state index in [-0.39, 0.29) is 29.4 Å². The van der Waals surface area contributed by atoms with Gasteiger partial charge in [0.25, 0.3) is 0 Å². The number of carboxylic acids is 1. The van der Waals surface area contributed by atoms with Gasteiger partial charge in [0.15, 0.2) is 0 Å². The van der Waals surface area contributed by atoms with Gasteiger partial charge in [-0.3, -0.25) is 4.79 Å². The minimum atomic E-state index is -1.20. The summed E-state index contributed by atoms with van der Waals surface area (Å²) in [6.07, 6.45) is 3.92. The van der Waals surface area contributed by atoms with Crippen molar-refractivity contribution in [1.82, 2.24) is 9.97 Å². The molecule has 1 atom stereocenters. The third-order valence-electron chi connectivity index (χ3n) is 5.09. The molecule has 1 saturated heterocycles. The van der Waals surface area contributed by atoms with Gasteiger partial charge in [-0.05, 0) is 24.1 Å². The van der Waals surface area contributed by atoms with Crippen molar-refractivity contribution in [2.24, 2.45) is 5.92 Å². The Balaban J connectivity index is 1.39. The smallest absolute Gasteiger partial charge is 0.526 e. The Morgan fingerprint density at radius 3 is 2.67 bits per heavy atom. The lowest BCUT2D eigenvalue weighted by atomic mass is 9.63. The number of fused-ring (bicyclic) bond motifs is 1. The Labute approximate surface area is 156 Å². The molecule has 9 heteroatoms. The number of Topliss-reactive ketones (excluding diaryl/α,β-unsaturated/α-hetero) is 1. The van der Waals surface area contributed by atoms with Crippen LogP contribution in [0.5, 0.6) is 5.75 Å². The number of benzene rings is 1. The van der Waals surface area contributed by atoms with Crippen molar-refractivity contribution < 1.29 is 24.4 Å². The number of para-hydroxylation sites is 1. The van der Waals surface area contributed by atoms with E-state index >= 15 is 0 Å². The quantitative estimate of drug-likeness (QED) is 0.755. The molecule has 0 bridgehead atoms. The van der Waals surface area contributed by atoms with Crippen LogP contribution in [0.3, 0.4) is 0 Å². The third-order valence-corrected chi connectivity index (χ3v) is 5.09. The number of hydrogen-bond donors (Lipinski definition) is 2. The maximum atomic E-state index is 12.6. The molecule has 1 aromatic carbocycles. The van der Waals surface area contributed by atoms with Crippen LogP contribution in [0.15, 0.2) is 36.7 Å².